The van der Waals surface area contributed by atoms with Gasteiger partial charge in [-0.1, -0.05) is 258 Å². The molecule has 0 aromatic carbocycles. The van der Waals surface area contributed by atoms with Gasteiger partial charge < -0.3 is 10.6 Å². The second-order valence-electron chi connectivity index (χ2n) is 23.1. The Hall–Kier alpha value is -2.34. The van der Waals surface area contributed by atoms with E-state index in [1.54, 1.807) is 0 Å². The predicted octanol–water partition coefficient (Wildman–Crippen LogP) is 22.0. The van der Waals surface area contributed by atoms with Gasteiger partial charge in [-0.05, 0) is 62.8 Å². The van der Waals surface area contributed by atoms with Crippen molar-refractivity contribution < 1.29 is 35.9 Å². The average Bonchev–Trinajstić information content (AvgIpc) is 4.08. The van der Waals surface area contributed by atoms with Gasteiger partial charge in [-0.25, -0.2) is 0 Å². The van der Waals surface area contributed by atoms with Crippen LogP contribution < -0.4 is 10.6 Å². The number of rotatable bonds is 50. The maximum Gasteiger partial charge on any atom is 0.380 e. The molecule has 2 aromatic rings. The number of halogens is 6. The molecule has 0 saturated heterocycles. The van der Waals surface area contributed by atoms with E-state index in [1.807, 2.05) is 0 Å². The van der Waals surface area contributed by atoms with E-state index in [4.69, 9.17) is 0 Å². The van der Waals surface area contributed by atoms with Crippen molar-refractivity contribution in [1.82, 2.24) is 10.6 Å². The molecule has 0 aliphatic heterocycles. The van der Waals surface area contributed by atoms with Crippen molar-refractivity contribution in [3.8, 4) is 0 Å². The summed E-state index contributed by atoms with van der Waals surface area (Å²) in [6.45, 7) is 8.51. The standard InChI is InChI=1S/C65H108F6N2O2S2/c1-5-7-9-11-13-15-17-19-21-23-25-27-29-31-33-35-37-39-41-43-49-72-57(74)47-45-55-51-53(3)61(76-55)59-60(64(68,69)65(70,71)63(59,66)67)62-54(4)52-56(77-62)46-48-58(75)73-50-44-42-40-38-36-34-32-30-28-26-24-22-20-18-16-14-12-10-8-6-2/h51-52H,5-50H2,1-4H3,(H,72,74)(H,73,75). The molecule has 0 atom stereocenters. The normalized spacial score (nSPS) is 14.8. The number of alkyl halides is 6. The highest BCUT2D eigenvalue weighted by Gasteiger charge is 2.80. The summed E-state index contributed by atoms with van der Waals surface area (Å²) < 4.78 is 93.7. The molecule has 77 heavy (non-hydrogen) atoms. The first kappa shape index (κ1) is 68.9. The lowest BCUT2D eigenvalue weighted by atomic mass is 10.0. The quantitative estimate of drug-likeness (QED) is 0.0512. The topological polar surface area (TPSA) is 58.2 Å². The Morgan fingerprint density at radius 3 is 0.831 bits per heavy atom. The van der Waals surface area contributed by atoms with E-state index in [0.29, 0.717) is 22.8 Å². The van der Waals surface area contributed by atoms with E-state index in [-0.39, 0.29) is 58.4 Å². The number of unbranched alkanes of at least 4 members (excludes halogenated alkanes) is 38. The zero-order valence-electron chi connectivity index (χ0n) is 49.1. The highest BCUT2D eigenvalue weighted by Crippen LogP contribution is 2.66. The maximum atomic E-state index is 15.8. The predicted molar refractivity (Wildman–Crippen MR) is 318 cm³/mol. The van der Waals surface area contributed by atoms with Crippen LogP contribution in [0.3, 0.4) is 0 Å². The van der Waals surface area contributed by atoms with Crippen LogP contribution in [0.25, 0.3) is 11.1 Å². The fourth-order valence-electron chi connectivity index (χ4n) is 11.0. The minimum atomic E-state index is -5.66. The van der Waals surface area contributed by atoms with Crippen molar-refractivity contribution in [1.29, 1.82) is 0 Å². The molecule has 2 aromatic heterocycles. The third-order valence-electron chi connectivity index (χ3n) is 16.0. The molecule has 2 N–H and O–H groups in total. The number of nitrogens with one attached hydrogen (secondary N) is 2. The van der Waals surface area contributed by atoms with Gasteiger partial charge in [0.15, 0.2) is 0 Å². The zero-order chi connectivity index (χ0) is 56.0. The summed E-state index contributed by atoms with van der Waals surface area (Å²) in [5.41, 5.74) is -2.34. The molecule has 0 radical (unpaired) electrons. The molecule has 0 fully saturated rings. The molecule has 12 heteroatoms. The number of allylic oxidation sites excluding steroid dienone is 2. The molecule has 2 amide bonds. The van der Waals surface area contributed by atoms with Gasteiger partial charge in [0.05, 0.1) is 11.1 Å². The second-order valence-corrected chi connectivity index (χ2v) is 25.3. The van der Waals surface area contributed by atoms with Gasteiger partial charge in [-0.2, -0.15) is 26.3 Å². The Morgan fingerprint density at radius 1 is 0.377 bits per heavy atom. The molecule has 444 valence electrons. The van der Waals surface area contributed by atoms with Crippen LogP contribution in [0.5, 0.6) is 0 Å². The lowest BCUT2D eigenvalue weighted by Crippen LogP contribution is -2.48. The van der Waals surface area contributed by atoms with Gasteiger partial charge >= 0.3 is 17.8 Å². The van der Waals surface area contributed by atoms with E-state index in [1.165, 1.54) is 244 Å². The largest absolute Gasteiger partial charge is 0.380 e. The number of thiophene rings is 2. The van der Waals surface area contributed by atoms with Gasteiger partial charge in [-0.3, -0.25) is 9.59 Å². The van der Waals surface area contributed by atoms with Gasteiger partial charge in [0.2, 0.25) is 11.8 Å². The van der Waals surface area contributed by atoms with Crippen molar-refractivity contribution in [2.24, 2.45) is 0 Å². The number of hydrogen-bond donors (Lipinski definition) is 2. The van der Waals surface area contributed by atoms with E-state index < -0.39 is 28.9 Å². The van der Waals surface area contributed by atoms with Gasteiger partial charge in [-0.15, -0.1) is 22.7 Å². The molecule has 0 unspecified atom stereocenters. The third-order valence-corrected chi connectivity index (χ3v) is 18.6. The second kappa shape index (κ2) is 40.8. The first-order valence-corrected chi connectivity index (χ1v) is 33.4. The molecule has 1 aliphatic carbocycles. The van der Waals surface area contributed by atoms with Crippen molar-refractivity contribution in [2.45, 2.75) is 328 Å². The van der Waals surface area contributed by atoms with E-state index in [0.717, 1.165) is 61.2 Å². The van der Waals surface area contributed by atoms with Crippen LogP contribution in [-0.2, 0) is 22.4 Å². The summed E-state index contributed by atoms with van der Waals surface area (Å²) in [5, 5.41) is 5.86. The summed E-state index contributed by atoms with van der Waals surface area (Å²) in [4.78, 5) is 25.8. The summed E-state index contributed by atoms with van der Waals surface area (Å²) in [7, 11) is 0. The van der Waals surface area contributed by atoms with E-state index in [9.17, 15) is 9.59 Å². The Morgan fingerprint density at radius 2 is 0.597 bits per heavy atom. The number of carbonyl (C=O) groups is 2. The minimum Gasteiger partial charge on any atom is -0.356 e. The van der Waals surface area contributed by atoms with Crippen molar-refractivity contribution in [3.63, 3.8) is 0 Å². The molecule has 0 saturated carbocycles. The van der Waals surface area contributed by atoms with E-state index >= 15 is 26.3 Å². The Labute approximate surface area is 473 Å². The van der Waals surface area contributed by atoms with Crippen molar-refractivity contribution >= 4 is 45.6 Å². The molecule has 2 heterocycles. The van der Waals surface area contributed by atoms with Crippen LogP contribution in [0.2, 0.25) is 0 Å². The summed E-state index contributed by atoms with van der Waals surface area (Å²) in [6.07, 6.45) is 52.2. The third kappa shape index (κ3) is 26.4. The number of carbonyl (C=O) groups excluding carboxylic acids is 2. The van der Waals surface area contributed by atoms with Crippen molar-refractivity contribution in [2.75, 3.05) is 13.1 Å². The van der Waals surface area contributed by atoms with E-state index in [2.05, 4.69) is 24.5 Å². The monoisotopic (exact) mass is 1130 g/mol. The number of hydrogen-bond acceptors (Lipinski definition) is 4. The maximum absolute atomic E-state index is 15.8. The Bertz CT molecular complexity index is 1760. The lowest BCUT2D eigenvalue weighted by Gasteiger charge is -2.25. The fourth-order valence-corrected chi connectivity index (χ4v) is 13.6. The van der Waals surface area contributed by atoms with Crippen LogP contribution in [0.15, 0.2) is 12.1 Å². The van der Waals surface area contributed by atoms with Crippen LogP contribution >= 0.6 is 22.7 Å². The first-order chi connectivity index (χ1) is 37.2. The van der Waals surface area contributed by atoms with Gasteiger partial charge in [0.25, 0.3) is 0 Å². The molecular formula is C65H108F6N2O2S2. The highest BCUT2D eigenvalue weighted by atomic mass is 32.1. The molecule has 0 spiro atoms. The average molecular weight is 1130 g/mol. The van der Waals surface area contributed by atoms with Crippen LogP contribution in [0.4, 0.5) is 26.3 Å². The fraction of sp³-hybridized carbons (Fsp3) is 0.815. The summed E-state index contributed by atoms with van der Waals surface area (Å²) in [6, 6.07) is 3.07. The molecule has 1 aliphatic rings. The number of aryl methyl sites for hydroxylation is 4. The van der Waals surface area contributed by atoms with Crippen LogP contribution in [-0.4, -0.2) is 42.7 Å². The lowest BCUT2D eigenvalue weighted by molar-refractivity contribution is -0.254. The minimum absolute atomic E-state index is 0.0633. The Balaban J connectivity index is 1.31. The number of amides is 2. The highest BCUT2D eigenvalue weighted by molar-refractivity contribution is 7.14. The van der Waals surface area contributed by atoms with Gasteiger partial charge in [0, 0.05) is 45.4 Å². The molecule has 3 rings (SSSR count). The van der Waals surface area contributed by atoms with Crippen molar-refractivity contribution in [3.05, 3.63) is 42.8 Å². The van der Waals surface area contributed by atoms with Crippen LogP contribution in [0.1, 0.15) is 314 Å². The Kier molecular flexibility index (Phi) is 36.5. The smallest absolute Gasteiger partial charge is 0.356 e. The van der Waals surface area contributed by atoms with Crippen LogP contribution in [0, 0.1) is 13.8 Å². The SMILES string of the molecule is CCCCCCCCCCCCCCCCCCCCCCNC(=O)CCc1cc(C)c(C2=C(c3sc(CCC(=O)NCCCCCCCCCCCCCCCCCCCCCC)cc3C)C(F)(F)C(F)(F)C2(F)F)s1. The molecule has 4 nitrogen and oxygen atoms in total. The summed E-state index contributed by atoms with van der Waals surface area (Å²) in [5.74, 6) is -16.4. The first-order valence-electron chi connectivity index (χ1n) is 31.8. The molecule has 0 bridgehead atoms. The summed E-state index contributed by atoms with van der Waals surface area (Å²) >= 11 is 1.54. The zero-order valence-corrected chi connectivity index (χ0v) is 50.7. The van der Waals surface area contributed by atoms with Gasteiger partial charge in [0.1, 0.15) is 0 Å². The molecular weight excluding hydrogens is 1020 g/mol.